The van der Waals surface area contributed by atoms with E-state index >= 15 is 0 Å². The molecule has 0 radical (unpaired) electrons. The van der Waals surface area contributed by atoms with Gasteiger partial charge in [-0.05, 0) is 56.7 Å². The van der Waals surface area contributed by atoms with Crippen LogP contribution in [0.15, 0.2) is 27.4 Å². The van der Waals surface area contributed by atoms with Gasteiger partial charge in [0.2, 0.25) is 5.91 Å². The van der Waals surface area contributed by atoms with E-state index in [1.54, 1.807) is 13.2 Å². The lowest BCUT2D eigenvalue weighted by molar-refractivity contribution is -0.121. The quantitative estimate of drug-likeness (QED) is 0.827. The number of hydrogen-bond acceptors (Lipinski definition) is 4. The van der Waals surface area contributed by atoms with Crippen LogP contribution in [0.1, 0.15) is 37.3 Å². The molecule has 24 heavy (non-hydrogen) atoms. The highest BCUT2D eigenvalue weighted by molar-refractivity contribution is 5.82. The molecule has 0 saturated heterocycles. The molecule has 1 aromatic heterocycles. The Morgan fingerprint density at radius 3 is 2.83 bits per heavy atom. The van der Waals surface area contributed by atoms with Crippen molar-refractivity contribution in [1.29, 1.82) is 0 Å². The van der Waals surface area contributed by atoms with Crippen molar-refractivity contribution in [3.63, 3.8) is 0 Å². The van der Waals surface area contributed by atoms with Crippen LogP contribution in [-0.2, 0) is 11.2 Å². The minimum atomic E-state index is -0.378. The van der Waals surface area contributed by atoms with Crippen LogP contribution in [-0.4, -0.2) is 19.1 Å². The van der Waals surface area contributed by atoms with Crippen LogP contribution in [0.5, 0.6) is 5.75 Å². The molecule has 3 rings (SSSR count). The molecule has 5 nitrogen and oxygen atoms in total. The lowest BCUT2D eigenvalue weighted by atomic mass is 10.0. The second-order valence-electron chi connectivity index (χ2n) is 6.55. The summed E-state index contributed by atoms with van der Waals surface area (Å²) in [6.45, 7) is 3.93. The van der Waals surface area contributed by atoms with Gasteiger partial charge in [-0.15, -0.1) is 0 Å². The van der Waals surface area contributed by atoms with Crippen molar-refractivity contribution in [2.45, 2.75) is 45.6 Å². The average molecular weight is 329 g/mol. The number of nitrogens with one attached hydrogen (secondary N) is 1. The van der Waals surface area contributed by atoms with Gasteiger partial charge in [0.25, 0.3) is 0 Å². The summed E-state index contributed by atoms with van der Waals surface area (Å²) in [5, 5.41) is 3.89. The van der Waals surface area contributed by atoms with Gasteiger partial charge < -0.3 is 14.5 Å². The van der Waals surface area contributed by atoms with Crippen molar-refractivity contribution in [1.82, 2.24) is 5.32 Å². The number of hydrogen-bond donors (Lipinski definition) is 1. The minimum absolute atomic E-state index is 0.0111. The fourth-order valence-corrected chi connectivity index (χ4v) is 3.07. The maximum absolute atomic E-state index is 12.3. The summed E-state index contributed by atoms with van der Waals surface area (Å²) in [7, 11) is 1.57. The topological polar surface area (TPSA) is 68.5 Å². The highest BCUT2D eigenvalue weighted by Crippen LogP contribution is 2.32. The zero-order valence-electron chi connectivity index (χ0n) is 14.3. The van der Waals surface area contributed by atoms with Gasteiger partial charge >= 0.3 is 5.63 Å². The first kappa shape index (κ1) is 16.6. The van der Waals surface area contributed by atoms with Crippen LogP contribution in [0.2, 0.25) is 0 Å². The van der Waals surface area contributed by atoms with Gasteiger partial charge in [0.05, 0.1) is 7.11 Å². The molecule has 0 bridgehead atoms. The molecular weight excluding hydrogens is 306 g/mol. The van der Waals surface area contributed by atoms with E-state index in [-0.39, 0.29) is 17.6 Å². The number of fused-ring (bicyclic) bond motifs is 1. The lowest BCUT2D eigenvalue weighted by Gasteiger charge is -2.13. The molecule has 1 saturated carbocycles. The monoisotopic (exact) mass is 329 g/mol. The maximum Gasteiger partial charge on any atom is 0.339 e. The molecule has 1 atom stereocenters. The van der Waals surface area contributed by atoms with Gasteiger partial charge in [-0.2, -0.15) is 0 Å². The van der Waals surface area contributed by atoms with Gasteiger partial charge in [-0.1, -0.05) is 0 Å². The van der Waals surface area contributed by atoms with Crippen LogP contribution in [0.4, 0.5) is 0 Å². The van der Waals surface area contributed by atoms with E-state index in [1.807, 2.05) is 26.0 Å². The van der Waals surface area contributed by atoms with E-state index in [0.717, 1.165) is 10.9 Å². The Labute approximate surface area is 141 Å². The molecule has 2 aromatic rings. The molecule has 0 aliphatic heterocycles. The van der Waals surface area contributed by atoms with Crippen molar-refractivity contribution in [3.8, 4) is 5.75 Å². The molecule has 0 spiro atoms. The van der Waals surface area contributed by atoms with Crippen molar-refractivity contribution in [3.05, 3.63) is 39.7 Å². The van der Waals surface area contributed by atoms with Crippen molar-refractivity contribution in [2.75, 3.05) is 7.11 Å². The molecule has 1 unspecified atom stereocenters. The standard InChI is InChI=1S/C19H23NO4/c1-11-15-7-6-14(23-3)10-17(15)24-19(22)16(11)8-9-18(21)20-12(2)13-4-5-13/h6-7,10,12-13H,4-5,8-9H2,1-3H3,(H,20,21). The predicted molar refractivity (Wildman–Crippen MR) is 92.4 cm³/mol. The van der Waals surface area contributed by atoms with Crippen LogP contribution >= 0.6 is 0 Å². The van der Waals surface area contributed by atoms with Gasteiger partial charge in [0, 0.05) is 29.5 Å². The average Bonchev–Trinajstić information content (AvgIpc) is 3.38. The molecule has 1 aliphatic rings. The third kappa shape index (κ3) is 3.45. The van der Waals surface area contributed by atoms with E-state index in [0.29, 0.717) is 35.7 Å². The van der Waals surface area contributed by atoms with E-state index < -0.39 is 0 Å². The van der Waals surface area contributed by atoms with Gasteiger partial charge in [-0.25, -0.2) is 4.79 Å². The third-order valence-corrected chi connectivity index (χ3v) is 4.81. The predicted octanol–water partition coefficient (Wildman–Crippen LogP) is 2.96. The number of carbonyl (C=O) groups excluding carboxylic acids is 1. The summed E-state index contributed by atoms with van der Waals surface area (Å²) in [5.41, 5.74) is 1.57. The van der Waals surface area contributed by atoms with Crippen LogP contribution in [0.3, 0.4) is 0 Å². The van der Waals surface area contributed by atoms with Crippen molar-refractivity contribution >= 4 is 16.9 Å². The second-order valence-corrected chi connectivity index (χ2v) is 6.55. The first-order valence-corrected chi connectivity index (χ1v) is 8.39. The summed E-state index contributed by atoms with van der Waals surface area (Å²) < 4.78 is 10.6. The molecule has 1 amide bonds. The number of amides is 1. The van der Waals surface area contributed by atoms with Gasteiger partial charge in [0.15, 0.2) is 0 Å². The number of benzene rings is 1. The minimum Gasteiger partial charge on any atom is -0.497 e. The molecule has 1 aromatic carbocycles. The Morgan fingerprint density at radius 2 is 2.17 bits per heavy atom. The van der Waals surface area contributed by atoms with Crippen LogP contribution < -0.4 is 15.7 Å². The van der Waals surface area contributed by atoms with E-state index in [4.69, 9.17) is 9.15 Å². The van der Waals surface area contributed by atoms with E-state index in [1.165, 1.54) is 12.8 Å². The smallest absolute Gasteiger partial charge is 0.339 e. The summed E-state index contributed by atoms with van der Waals surface area (Å²) in [4.78, 5) is 24.3. The largest absolute Gasteiger partial charge is 0.497 e. The second kappa shape index (κ2) is 6.67. The number of carbonyl (C=O) groups is 1. The Bertz CT molecular complexity index is 820. The Hall–Kier alpha value is -2.30. The van der Waals surface area contributed by atoms with Crippen LogP contribution in [0, 0.1) is 12.8 Å². The molecule has 5 heteroatoms. The number of aryl methyl sites for hydroxylation is 1. The molecule has 1 aliphatic carbocycles. The molecule has 1 N–H and O–H groups in total. The number of rotatable bonds is 6. The zero-order valence-corrected chi connectivity index (χ0v) is 14.3. The Morgan fingerprint density at radius 1 is 1.42 bits per heavy atom. The fraction of sp³-hybridized carbons (Fsp3) is 0.474. The number of methoxy groups -OCH3 is 1. The van der Waals surface area contributed by atoms with Crippen molar-refractivity contribution < 1.29 is 13.9 Å². The van der Waals surface area contributed by atoms with E-state index in [2.05, 4.69) is 5.32 Å². The molecule has 1 fully saturated rings. The zero-order chi connectivity index (χ0) is 17.3. The first-order valence-electron chi connectivity index (χ1n) is 8.39. The lowest BCUT2D eigenvalue weighted by Crippen LogP contribution is -2.34. The van der Waals surface area contributed by atoms with Crippen molar-refractivity contribution in [2.24, 2.45) is 5.92 Å². The highest BCUT2D eigenvalue weighted by atomic mass is 16.5. The van der Waals surface area contributed by atoms with Crippen LogP contribution in [0.25, 0.3) is 11.0 Å². The summed E-state index contributed by atoms with van der Waals surface area (Å²) in [6.07, 6.45) is 3.07. The van der Waals surface area contributed by atoms with E-state index in [9.17, 15) is 9.59 Å². The molecule has 1 heterocycles. The Balaban J connectivity index is 1.76. The Kier molecular flexibility index (Phi) is 4.60. The summed E-state index contributed by atoms with van der Waals surface area (Å²) in [5.74, 6) is 1.26. The molecular formula is C19H23NO4. The normalized spacial score (nSPS) is 15.3. The van der Waals surface area contributed by atoms with Gasteiger partial charge in [0.1, 0.15) is 11.3 Å². The maximum atomic E-state index is 12.3. The molecule has 128 valence electrons. The third-order valence-electron chi connectivity index (χ3n) is 4.81. The first-order chi connectivity index (χ1) is 11.5. The summed E-state index contributed by atoms with van der Waals surface area (Å²) >= 11 is 0. The fourth-order valence-electron chi connectivity index (χ4n) is 3.07. The van der Waals surface area contributed by atoms with Gasteiger partial charge in [-0.3, -0.25) is 4.79 Å². The number of ether oxygens (including phenoxy) is 1. The highest BCUT2D eigenvalue weighted by Gasteiger charge is 2.28. The SMILES string of the molecule is COc1ccc2c(C)c(CCC(=O)NC(C)C3CC3)c(=O)oc2c1. The summed E-state index contributed by atoms with van der Waals surface area (Å²) in [6, 6.07) is 5.64.